The molecule has 1 unspecified atom stereocenters. The molecule has 0 aromatic heterocycles. The lowest BCUT2D eigenvalue weighted by atomic mass is 10.1. The lowest BCUT2D eigenvalue weighted by Crippen LogP contribution is -2.32. The highest BCUT2D eigenvalue weighted by Gasteiger charge is 2.21. The van der Waals surface area contributed by atoms with Crippen molar-refractivity contribution < 1.29 is 13.2 Å². The van der Waals surface area contributed by atoms with Crippen molar-refractivity contribution in [2.45, 2.75) is 32.2 Å². The van der Waals surface area contributed by atoms with E-state index in [4.69, 9.17) is 5.73 Å². The largest absolute Gasteiger partial charge is 0.352 e. The summed E-state index contributed by atoms with van der Waals surface area (Å²) in [6.45, 7) is 6.91. The van der Waals surface area contributed by atoms with Crippen LogP contribution in [0.4, 0.5) is 0 Å². The molecule has 0 saturated carbocycles. The fourth-order valence-electron chi connectivity index (χ4n) is 1.96. The number of nitrogens with zero attached hydrogens (tertiary/aromatic N) is 1. The minimum Gasteiger partial charge on any atom is -0.352 e. The van der Waals surface area contributed by atoms with E-state index in [1.807, 2.05) is 13.8 Å². The molecule has 1 aromatic rings. The molecule has 0 aliphatic rings. The maximum Gasteiger partial charge on any atom is 0.243 e. The highest BCUT2D eigenvalue weighted by molar-refractivity contribution is 7.89. The van der Waals surface area contributed by atoms with Gasteiger partial charge in [-0.3, -0.25) is 4.79 Å². The topological polar surface area (TPSA) is 92.5 Å². The van der Waals surface area contributed by atoms with E-state index in [-0.39, 0.29) is 16.7 Å². The van der Waals surface area contributed by atoms with Crippen LogP contribution in [0.15, 0.2) is 29.2 Å². The van der Waals surface area contributed by atoms with Crippen LogP contribution >= 0.6 is 0 Å². The van der Waals surface area contributed by atoms with E-state index in [1.54, 1.807) is 31.2 Å². The zero-order valence-corrected chi connectivity index (χ0v) is 14.2. The molecule has 22 heavy (non-hydrogen) atoms. The summed E-state index contributed by atoms with van der Waals surface area (Å²) in [5, 5.41) is 2.77. The maximum absolute atomic E-state index is 12.3. The third-order valence-electron chi connectivity index (χ3n) is 3.53. The second kappa shape index (κ2) is 8.26. The molecule has 0 aliphatic carbocycles. The van der Waals surface area contributed by atoms with Crippen LogP contribution in [0.25, 0.3) is 0 Å². The van der Waals surface area contributed by atoms with Crippen molar-refractivity contribution in [3.8, 4) is 0 Å². The number of hydrogen-bond acceptors (Lipinski definition) is 4. The lowest BCUT2D eigenvalue weighted by Gasteiger charge is -2.18. The van der Waals surface area contributed by atoms with Gasteiger partial charge in [0.25, 0.3) is 0 Å². The summed E-state index contributed by atoms with van der Waals surface area (Å²) < 4.78 is 26.1. The van der Waals surface area contributed by atoms with E-state index in [9.17, 15) is 13.2 Å². The Hall–Kier alpha value is -1.44. The van der Waals surface area contributed by atoms with Crippen molar-refractivity contribution in [1.29, 1.82) is 0 Å². The molecule has 0 radical (unpaired) electrons. The Morgan fingerprint density at radius 3 is 2.23 bits per heavy atom. The first-order valence-electron chi connectivity index (χ1n) is 7.43. The first kappa shape index (κ1) is 18.6. The first-order chi connectivity index (χ1) is 10.4. The van der Waals surface area contributed by atoms with Gasteiger partial charge in [0.05, 0.1) is 4.90 Å². The summed E-state index contributed by atoms with van der Waals surface area (Å²) >= 11 is 0. The zero-order chi connectivity index (χ0) is 16.8. The van der Waals surface area contributed by atoms with Gasteiger partial charge in [0, 0.05) is 32.1 Å². The molecule has 0 saturated heterocycles. The molecule has 1 amide bonds. The third kappa shape index (κ3) is 4.53. The fraction of sp³-hybridized carbons (Fsp3) is 0.533. The minimum absolute atomic E-state index is 0.109. The Bertz CT molecular complexity index is 581. The van der Waals surface area contributed by atoms with E-state index in [1.165, 1.54) is 4.31 Å². The van der Waals surface area contributed by atoms with Crippen LogP contribution in [0.1, 0.15) is 26.3 Å². The lowest BCUT2D eigenvalue weighted by molar-refractivity contribution is -0.124. The first-order valence-corrected chi connectivity index (χ1v) is 8.87. The van der Waals surface area contributed by atoms with Gasteiger partial charge in [-0.15, -0.1) is 0 Å². The molecule has 1 atom stereocenters. The van der Waals surface area contributed by atoms with Crippen molar-refractivity contribution in [2.75, 3.05) is 19.6 Å². The molecule has 124 valence electrons. The van der Waals surface area contributed by atoms with Gasteiger partial charge in [0.15, 0.2) is 0 Å². The second-order valence-corrected chi connectivity index (χ2v) is 7.03. The molecule has 0 aliphatic heterocycles. The summed E-state index contributed by atoms with van der Waals surface area (Å²) in [6.07, 6.45) is 0. The smallest absolute Gasteiger partial charge is 0.243 e. The number of nitrogens with two attached hydrogens (primary N) is 1. The SMILES string of the molecule is CCN(CC)S(=O)(=O)c1ccc(CNC(=O)C(C)CN)cc1. The summed E-state index contributed by atoms with van der Waals surface area (Å²) in [7, 11) is -3.44. The Morgan fingerprint density at radius 2 is 1.77 bits per heavy atom. The van der Waals surface area contributed by atoms with Crippen molar-refractivity contribution >= 4 is 15.9 Å². The quantitative estimate of drug-likeness (QED) is 0.743. The summed E-state index contributed by atoms with van der Waals surface area (Å²) in [6, 6.07) is 6.57. The molecule has 1 rings (SSSR count). The highest BCUT2D eigenvalue weighted by atomic mass is 32.2. The number of amides is 1. The van der Waals surface area contributed by atoms with Crippen LogP contribution in [0, 0.1) is 5.92 Å². The zero-order valence-electron chi connectivity index (χ0n) is 13.4. The summed E-state index contributed by atoms with van der Waals surface area (Å²) in [5.41, 5.74) is 6.28. The van der Waals surface area contributed by atoms with Crippen LogP contribution in [-0.2, 0) is 21.4 Å². The number of hydrogen-bond donors (Lipinski definition) is 2. The standard InChI is InChI=1S/C15H25N3O3S/c1-4-18(5-2)22(20,21)14-8-6-13(7-9-14)11-17-15(19)12(3)10-16/h6-9,12H,4-5,10-11,16H2,1-3H3,(H,17,19). The monoisotopic (exact) mass is 327 g/mol. The van der Waals surface area contributed by atoms with E-state index < -0.39 is 10.0 Å². The van der Waals surface area contributed by atoms with Gasteiger partial charge < -0.3 is 11.1 Å². The highest BCUT2D eigenvalue weighted by Crippen LogP contribution is 2.16. The molecular formula is C15H25N3O3S. The fourth-order valence-corrected chi connectivity index (χ4v) is 3.42. The van der Waals surface area contributed by atoms with Crippen LogP contribution in [0.5, 0.6) is 0 Å². The maximum atomic E-state index is 12.3. The molecule has 0 fully saturated rings. The number of nitrogens with one attached hydrogen (secondary N) is 1. The third-order valence-corrected chi connectivity index (χ3v) is 5.60. The number of sulfonamides is 1. The molecule has 0 bridgehead atoms. The van der Waals surface area contributed by atoms with E-state index >= 15 is 0 Å². The van der Waals surface area contributed by atoms with Crippen LogP contribution in [0.2, 0.25) is 0 Å². The molecule has 3 N–H and O–H groups in total. The van der Waals surface area contributed by atoms with Gasteiger partial charge in [-0.25, -0.2) is 8.42 Å². The average Bonchev–Trinajstić information content (AvgIpc) is 2.53. The minimum atomic E-state index is -3.44. The van der Waals surface area contributed by atoms with E-state index in [2.05, 4.69) is 5.32 Å². The Morgan fingerprint density at radius 1 is 1.23 bits per heavy atom. The normalized spacial score (nSPS) is 13.1. The van der Waals surface area contributed by atoms with Crippen molar-refractivity contribution in [1.82, 2.24) is 9.62 Å². The van der Waals surface area contributed by atoms with Crippen molar-refractivity contribution in [3.05, 3.63) is 29.8 Å². The van der Waals surface area contributed by atoms with Gasteiger partial charge in [0.2, 0.25) is 15.9 Å². The summed E-state index contributed by atoms with van der Waals surface area (Å²) in [5.74, 6) is -0.343. The molecular weight excluding hydrogens is 302 g/mol. The van der Waals surface area contributed by atoms with Crippen molar-refractivity contribution in [2.24, 2.45) is 11.7 Å². The number of carbonyl (C=O) groups excluding carboxylic acids is 1. The number of benzene rings is 1. The van der Waals surface area contributed by atoms with Gasteiger partial charge >= 0.3 is 0 Å². The molecule has 1 aromatic carbocycles. The van der Waals surface area contributed by atoms with Crippen LogP contribution < -0.4 is 11.1 Å². The Balaban J connectivity index is 2.77. The number of rotatable bonds is 8. The van der Waals surface area contributed by atoms with E-state index in [0.717, 1.165) is 5.56 Å². The Kier molecular flexibility index (Phi) is 6.99. The van der Waals surface area contributed by atoms with E-state index in [0.29, 0.717) is 26.2 Å². The average molecular weight is 327 g/mol. The predicted octanol–water partition coefficient (Wildman–Crippen LogP) is 0.928. The predicted molar refractivity (Wildman–Crippen MR) is 86.6 cm³/mol. The van der Waals surface area contributed by atoms with Gasteiger partial charge in [-0.1, -0.05) is 32.9 Å². The Labute approximate surface area is 132 Å². The summed E-state index contributed by atoms with van der Waals surface area (Å²) in [4.78, 5) is 11.9. The van der Waals surface area contributed by atoms with Gasteiger partial charge in [0.1, 0.15) is 0 Å². The molecule has 7 heteroatoms. The second-order valence-electron chi connectivity index (χ2n) is 5.09. The van der Waals surface area contributed by atoms with Gasteiger partial charge in [-0.05, 0) is 17.7 Å². The van der Waals surface area contributed by atoms with Crippen LogP contribution in [0.3, 0.4) is 0 Å². The van der Waals surface area contributed by atoms with Crippen LogP contribution in [-0.4, -0.2) is 38.3 Å². The molecule has 0 heterocycles. The molecule has 6 nitrogen and oxygen atoms in total. The molecule has 0 spiro atoms. The van der Waals surface area contributed by atoms with Gasteiger partial charge in [-0.2, -0.15) is 4.31 Å². The van der Waals surface area contributed by atoms with Crippen molar-refractivity contribution in [3.63, 3.8) is 0 Å². The number of carbonyl (C=O) groups is 1.